The summed E-state index contributed by atoms with van der Waals surface area (Å²) in [5.74, 6) is 0. The zero-order valence-electron chi connectivity index (χ0n) is 25.3. The van der Waals surface area contributed by atoms with E-state index in [1.54, 1.807) is 0 Å². The molecule has 0 atom stereocenters. The molecular weight excluding hydrogens is 1030 g/mol. The first-order chi connectivity index (χ1) is 18.9. The van der Waals surface area contributed by atoms with Gasteiger partial charge in [-0.05, 0) is 0 Å². The molecular formula is C16H30F12O12S4Si2Sn2. The first-order valence-electron chi connectivity index (χ1n) is 10.3. The summed E-state index contributed by atoms with van der Waals surface area (Å²) >= 11 is 0. The molecule has 0 saturated heterocycles. The largest absolute Gasteiger partial charge is 2.00 e. The van der Waals surface area contributed by atoms with Crippen molar-refractivity contribution in [1.82, 2.24) is 0 Å². The van der Waals surface area contributed by atoms with Crippen LogP contribution in [0.15, 0.2) is 0 Å². The summed E-state index contributed by atoms with van der Waals surface area (Å²) in [6, 6.07) is 0. The van der Waals surface area contributed by atoms with Crippen molar-refractivity contribution in [2.45, 2.75) is 74.2 Å². The summed E-state index contributed by atoms with van der Waals surface area (Å²) in [4.78, 5) is 0. The Balaban J connectivity index is -0.0000000532. The van der Waals surface area contributed by atoms with E-state index >= 15 is 0 Å². The minimum atomic E-state index is -6.09. The molecule has 0 heterocycles. The molecule has 0 aromatic carbocycles. The predicted molar refractivity (Wildman–Crippen MR) is 152 cm³/mol. The summed E-state index contributed by atoms with van der Waals surface area (Å²) in [5, 5.41) is 0. The maximum atomic E-state index is 10.7. The van der Waals surface area contributed by atoms with Crippen molar-refractivity contribution in [3.8, 4) is 0 Å². The molecule has 48 heavy (non-hydrogen) atoms. The van der Waals surface area contributed by atoms with Gasteiger partial charge in [0.1, 0.15) is 0 Å². The SMILES string of the molecule is O=S(=O)([O-])C(F)(F)F.O=S(=O)([O-])C(F)(F)F.O=S(=O)([O-])C(F)(F)F.O=S(=O)([O-])C(F)(F)F.[CH2+]CC[CH2-].[CH2][Si](C)(C)C.[CH2][Si](C)(C)C.[Sn+2].[Sn+2]. The van der Waals surface area contributed by atoms with Gasteiger partial charge in [-0.2, -0.15) is 52.7 Å². The van der Waals surface area contributed by atoms with Crippen LogP contribution >= 0.6 is 0 Å². The Hall–Kier alpha value is 0.701. The van der Waals surface area contributed by atoms with E-state index in [0.717, 1.165) is 12.8 Å². The number of rotatable bonds is 1. The molecule has 0 aromatic rings. The molecule has 0 unspecified atom stereocenters. The Morgan fingerprint density at radius 3 is 0.542 bits per heavy atom. The third kappa shape index (κ3) is 68.6. The predicted octanol–water partition coefficient (Wildman–Crippen LogP) is 4.27. The number of hydrogen-bond donors (Lipinski definition) is 0. The molecule has 0 spiro atoms. The zero-order chi connectivity index (χ0) is 40.4. The van der Waals surface area contributed by atoms with Crippen LogP contribution in [0.5, 0.6) is 0 Å². The Labute approximate surface area is 308 Å². The third-order valence-corrected chi connectivity index (χ3v) is 3.65. The van der Waals surface area contributed by atoms with E-state index in [0.29, 0.717) is 0 Å². The number of halogens is 12. The van der Waals surface area contributed by atoms with Gasteiger partial charge in [0.25, 0.3) is 0 Å². The van der Waals surface area contributed by atoms with Crippen LogP contribution in [0.25, 0.3) is 0 Å². The molecule has 0 rings (SSSR count). The van der Waals surface area contributed by atoms with Crippen molar-refractivity contribution in [3.05, 3.63) is 26.9 Å². The van der Waals surface area contributed by atoms with Gasteiger partial charge in [0.05, 0.1) is 13.3 Å². The van der Waals surface area contributed by atoms with Crippen molar-refractivity contribution in [3.63, 3.8) is 0 Å². The summed E-state index contributed by atoms with van der Waals surface area (Å²) in [6.45, 7) is 28.2. The maximum Gasteiger partial charge on any atom is 2.00 e. The van der Waals surface area contributed by atoms with E-state index in [9.17, 15) is 52.7 Å². The maximum absolute atomic E-state index is 10.7. The molecule has 0 N–H and O–H groups in total. The Morgan fingerprint density at radius 1 is 0.500 bits per heavy atom. The van der Waals surface area contributed by atoms with Gasteiger partial charge in [0, 0.05) is 16.1 Å². The minimum absolute atomic E-state index is 0. The van der Waals surface area contributed by atoms with E-state index in [4.69, 9.17) is 51.9 Å². The van der Waals surface area contributed by atoms with Crippen LogP contribution in [0, 0.1) is 26.9 Å². The Bertz CT molecular complexity index is 1050. The molecule has 290 valence electrons. The van der Waals surface area contributed by atoms with Gasteiger partial charge < -0.3 is 25.1 Å². The smallest absolute Gasteiger partial charge is 0.741 e. The number of hydrogen-bond acceptors (Lipinski definition) is 12. The van der Waals surface area contributed by atoms with Gasteiger partial charge in [-0.25, -0.2) is 33.7 Å². The third-order valence-electron chi connectivity index (χ3n) is 1.38. The van der Waals surface area contributed by atoms with Crippen LogP contribution in [-0.4, -0.2) is 138 Å². The molecule has 0 aliphatic carbocycles. The first kappa shape index (κ1) is 70.3. The monoisotopic (exact) mass is 1070 g/mol. The van der Waals surface area contributed by atoms with Crippen LogP contribution in [0.3, 0.4) is 0 Å². The molecule has 0 aliphatic rings. The van der Waals surface area contributed by atoms with E-state index in [2.05, 4.69) is 66.2 Å². The normalized spacial score (nSPS) is 12.4. The van der Waals surface area contributed by atoms with Crippen LogP contribution in [0.1, 0.15) is 12.8 Å². The molecule has 6 radical (unpaired) electrons. The average molecular weight is 1060 g/mol. The van der Waals surface area contributed by atoms with Crippen molar-refractivity contribution < 1.29 is 105 Å². The van der Waals surface area contributed by atoms with Crippen LogP contribution < -0.4 is 0 Å². The average Bonchev–Trinajstić information content (AvgIpc) is 2.60. The molecule has 0 bridgehead atoms. The first-order valence-corrected chi connectivity index (χ1v) is 23.3. The number of unbranched alkanes of at least 4 members (excludes halogenated alkanes) is 1. The fraction of sp³-hybridized carbons (Fsp3) is 0.750. The van der Waals surface area contributed by atoms with Crippen molar-refractivity contribution in [1.29, 1.82) is 0 Å². The second-order valence-corrected chi connectivity index (χ2v) is 25.2. The van der Waals surface area contributed by atoms with E-state index in [1.165, 1.54) is 0 Å². The quantitative estimate of drug-likeness (QED) is 0.118. The van der Waals surface area contributed by atoms with Gasteiger partial charge in [-0.15, -0.1) is 6.42 Å². The van der Waals surface area contributed by atoms with Gasteiger partial charge >= 0.3 is 69.8 Å². The van der Waals surface area contributed by atoms with Crippen LogP contribution in [0.4, 0.5) is 52.7 Å². The van der Waals surface area contributed by atoms with Crippen LogP contribution in [-0.2, 0) is 40.5 Å². The molecule has 0 aromatic heterocycles. The zero-order valence-corrected chi connectivity index (χ0v) is 36.3. The van der Waals surface area contributed by atoms with Crippen molar-refractivity contribution in [2.24, 2.45) is 0 Å². The van der Waals surface area contributed by atoms with Gasteiger partial charge in [0.2, 0.25) is 0 Å². The molecule has 0 aliphatic heterocycles. The molecule has 32 heteroatoms. The van der Waals surface area contributed by atoms with Crippen molar-refractivity contribution >= 4 is 104 Å². The second-order valence-electron chi connectivity index (χ2n) is 9.43. The minimum Gasteiger partial charge on any atom is -0.741 e. The topological polar surface area (TPSA) is 229 Å². The fourth-order valence-corrected chi connectivity index (χ4v) is 0. The Morgan fingerprint density at radius 2 is 0.542 bits per heavy atom. The molecule has 0 saturated carbocycles. The summed E-state index contributed by atoms with van der Waals surface area (Å²) in [5.41, 5.74) is -22.6. The summed E-state index contributed by atoms with van der Waals surface area (Å²) in [7, 11) is -26.1. The Kier molecular flexibility index (Phi) is 38.8. The van der Waals surface area contributed by atoms with Crippen LogP contribution in [0.2, 0.25) is 39.3 Å². The standard InChI is InChI=1S/2C4H11Si.C4H8.4CHF3O3S.2Sn/c2*1-5(2,3)4;1-3-4-2;4*2-1(3,4)8(5,6)7;;/h2*1H2,2-4H3;1-4H2;4*(H,5,6,7);;/q;;;;;;;2*+2/p-4. The fourth-order valence-electron chi connectivity index (χ4n) is 0. The van der Waals surface area contributed by atoms with E-state index < -0.39 is 78.7 Å². The van der Waals surface area contributed by atoms with Crippen molar-refractivity contribution in [2.75, 3.05) is 0 Å². The van der Waals surface area contributed by atoms with E-state index in [1.807, 2.05) is 0 Å². The number of alkyl halides is 12. The second kappa shape index (κ2) is 26.5. The summed E-state index contributed by atoms with van der Waals surface area (Å²) < 4.78 is 236. The summed E-state index contributed by atoms with van der Waals surface area (Å²) in [6.07, 6.45) is 1.92. The molecule has 0 amide bonds. The van der Waals surface area contributed by atoms with Gasteiger partial charge in [-0.1, -0.05) is 52.4 Å². The molecule has 0 fully saturated rings. The van der Waals surface area contributed by atoms with Gasteiger partial charge in [-0.3, -0.25) is 0 Å². The van der Waals surface area contributed by atoms with E-state index in [-0.39, 0.29) is 47.8 Å². The molecule has 12 nitrogen and oxygen atoms in total. The van der Waals surface area contributed by atoms with Gasteiger partial charge in [0.15, 0.2) is 40.5 Å².